The zero-order chi connectivity index (χ0) is 23.7. The molecule has 2 unspecified atom stereocenters. The Hall–Kier alpha value is -3.70. The summed E-state index contributed by atoms with van der Waals surface area (Å²) in [5, 5.41) is 24.8. The van der Waals surface area contributed by atoms with Gasteiger partial charge in [0.05, 0.1) is 23.6 Å². The Morgan fingerprint density at radius 1 is 1.32 bits per heavy atom. The molecule has 1 amide bonds. The molecule has 0 bridgehead atoms. The number of carbonyl (C=O) groups is 2. The summed E-state index contributed by atoms with van der Waals surface area (Å²) in [6, 6.07) is 6.93. The van der Waals surface area contributed by atoms with Gasteiger partial charge in [0, 0.05) is 25.2 Å². The van der Waals surface area contributed by atoms with Gasteiger partial charge in [-0.15, -0.1) is 5.10 Å². The van der Waals surface area contributed by atoms with Gasteiger partial charge in [-0.3, -0.25) is 4.79 Å². The molecule has 5 rings (SSSR count). The minimum absolute atomic E-state index is 0.229. The second kappa shape index (κ2) is 9.27. The Bertz CT molecular complexity index is 1200. The number of amides is 1. The van der Waals surface area contributed by atoms with Crippen molar-refractivity contribution in [2.75, 3.05) is 26.2 Å². The van der Waals surface area contributed by atoms with E-state index < -0.39 is 6.10 Å². The first-order valence-electron chi connectivity index (χ1n) is 11.2. The van der Waals surface area contributed by atoms with Gasteiger partial charge in [0.2, 0.25) is 0 Å². The lowest BCUT2D eigenvalue weighted by molar-refractivity contribution is 0.0534. The lowest BCUT2D eigenvalue weighted by atomic mass is 9.95. The number of likely N-dealkylation sites (tertiary alicyclic amines) is 1. The average Bonchev–Trinajstić information content (AvgIpc) is 3.60. The summed E-state index contributed by atoms with van der Waals surface area (Å²) in [6.07, 6.45) is 3.29. The number of hydrogen-bond donors (Lipinski definition) is 2. The molecule has 4 heterocycles. The monoisotopic (exact) mass is 463 g/mol. The summed E-state index contributed by atoms with van der Waals surface area (Å²) in [5.74, 6) is -0.238. The summed E-state index contributed by atoms with van der Waals surface area (Å²) in [6.45, 7) is 4.86. The van der Waals surface area contributed by atoms with Crippen molar-refractivity contribution in [1.82, 2.24) is 35.4 Å². The number of aliphatic hydroxyl groups is 1. The second-order valence-electron chi connectivity index (χ2n) is 8.68. The molecule has 11 nitrogen and oxygen atoms in total. The SMILES string of the molecule is Cc1c(C(O)CN2CCC(CNC(=O)c3ccc(-n4cnnn4)cn3)C2)ccc2c1COC2=O. The van der Waals surface area contributed by atoms with Crippen LogP contribution in [0.15, 0.2) is 36.8 Å². The zero-order valence-corrected chi connectivity index (χ0v) is 18.7. The number of fused-ring (bicyclic) bond motifs is 1. The summed E-state index contributed by atoms with van der Waals surface area (Å²) in [5.41, 5.74) is 4.19. The van der Waals surface area contributed by atoms with Gasteiger partial charge in [-0.1, -0.05) is 6.07 Å². The highest BCUT2D eigenvalue weighted by molar-refractivity contribution is 5.94. The van der Waals surface area contributed by atoms with E-state index in [1.807, 2.05) is 13.0 Å². The third-order valence-corrected chi connectivity index (χ3v) is 6.51. The largest absolute Gasteiger partial charge is 0.457 e. The van der Waals surface area contributed by atoms with Crippen molar-refractivity contribution in [3.8, 4) is 5.69 Å². The summed E-state index contributed by atoms with van der Waals surface area (Å²) >= 11 is 0. The number of tetrazole rings is 1. The molecule has 3 aromatic rings. The van der Waals surface area contributed by atoms with Gasteiger partial charge < -0.3 is 20.1 Å². The van der Waals surface area contributed by atoms with E-state index in [0.717, 1.165) is 36.2 Å². The molecule has 0 aliphatic carbocycles. The fraction of sp³-hybridized carbons (Fsp3) is 0.391. The molecule has 0 radical (unpaired) electrons. The second-order valence-corrected chi connectivity index (χ2v) is 8.68. The first-order valence-corrected chi connectivity index (χ1v) is 11.2. The van der Waals surface area contributed by atoms with E-state index in [4.69, 9.17) is 4.74 Å². The highest BCUT2D eigenvalue weighted by atomic mass is 16.5. The van der Waals surface area contributed by atoms with Crippen LogP contribution in [-0.2, 0) is 11.3 Å². The Kier molecular flexibility index (Phi) is 6.03. The summed E-state index contributed by atoms with van der Waals surface area (Å²) < 4.78 is 6.57. The van der Waals surface area contributed by atoms with Crippen LogP contribution in [0.25, 0.3) is 5.69 Å². The van der Waals surface area contributed by atoms with Crippen LogP contribution in [0.2, 0.25) is 0 Å². The van der Waals surface area contributed by atoms with Gasteiger partial charge in [-0.2, -0.15) is 4.68 Å². The maximum Gasteiger partial charge on any atom is 0.338 e. The molecule has 1 aromatic carbocycles. The molecule has 2 aliphatic heterocycles. The molecule has 34 heavy (non-hydrogen) atoms. The van der Waals surface area contributed by atoms with Crippen LogP contribution >= 0.6 is 0 Å². The third kappa shape index (κ3) is 4.39. The van der Waals surface area contributed by atoms with Gasteiger partial charge in [0.25, 0.3) is 5.91 Å². The van der Waals surface area contributed by atoms with Crippen LogP contribution in [0.3, 0.4) is 0 Å². The minimum atomic E-state index is -0.655. The predicted molar refractivity (Wildman–Crippen MR) is 119 cm³/mol. The Morgan fingerprint density at radius 3 is 2.97 bits per heavy atom. The van der Waals surface area contributed by atoms with Crippen molar-refractivity contribution >= 4 is 11.9 Å². The smallest absolute Gasteiger partial charge is 0.338 e. The van der Waals surface area contributed by atoms with E-state index in [-0.39, 0.29) is 18.5 Å². The number of cyclic esters (lactones) is 1. The first-order chi connectivity index (χ1) is 16.5. The van der Waals surface area contributed by atoms with E-state index >= 15 is 0 Å². The van der Waals surface area contributed by atoms with Crippen molar-refractivity contribution < 1.29 is 19.4 Å². The predicted octanol–water partition coefficient (Wildman–Crippen LogP) is 0.821. The van der Waals surface area contributed by atoms with Gasteiger partial charge in [0.1, 0.15) is 18.6 Å². The molecule has 176 valence electrons. The maximum atomic E-state index is 12.5. The molecule has 1 fully saturated rings. The van der Waals surface area contributed by atoms with Gasteiger partial charge in [0.15, 0.2) is 0 Å². The molecule has 11 heteroatoms. The van der Waals surface area contributed by atoms with Crippen molar-refractivity contribution in [2.24, 2.45) is 5.92 Å². The lowest BCUT2D eigenvalue weighted by Crippen LogP contribution is -2.32. The number of β-amino-alcohol motifs (C(OH)–C–C–N with tert-alkyl or cyclic N) is 1. The van der Waals surface area contributed by atoms with Crippen molar-refractivity contribution in [2.45, 2.75) is 26.1 Å². The maximum absolute atomic E-state index is 12.5. The number of nitrogens with zero attached hydrogens (tertiary/aromatic N) is 6. The number of aromatic nitrogens is 5. The highest BCUT2D eigenvalue weighted by Crippen LogP contribution is 2.30. The van der Waals surface area contributed by atoms with E-state index in [1.54, 1.807) is 24.4 Å². The molecule has 2 N–H and O–H groups in total. The zero-order valence-electron chi connectivity index (χ0n) is 18.7. The molecular formula is C23H25N7O4. The Morgan fingerprint density at radius 2 is 2.21 bits per heavy atom. The van der Waals surface area contributed by atoms with Crippen molar-refractivity contribution in [1.29, 1.82) is 0 Å². The number of ether oxygens (including phenoxy) is 1. The van der Waals surface area contributed by atoms with E-state index in [0.29, 0.717) is 36.0 Å². The van der Waals surface area contributed by atoms with E-state index in [1.165, 1.54) is 11.0 Å². The number of pyridine rings is 1. The molecule has 2 atom stereocenters. The van der Waals surface area contributed by atoms with Gasteiger partial charge in [-0.05, 0) is 65.6 Å². The molecule has 2 aliphatic rings. The van der Waals surface area contributed by atoms with Gasteiger partial charge >= 0.3 is 5.97 Å². The van der Waals surface area contributed by atoms with E-state index in [2.05, 4.69) is 30.7 Å². The third-order valence-electron chi connectivity index (χ3n) is 6.51. The van der Waals surface area contributed by atoms with E-state index in [9.17, 15) is 14.7 Å². The summed E-state index contributed by atoms with van der Waals surface area (Å²) in [4.78, 5) is 30.6. The molecule has 1 saturated heterocycles. The molecular weight excluding hydrogens is 438 g/mol. The quantitative estimate of drug-likeness (QED) is 0.488. The fourth-order valence-corrected chi connectivity index (χ4v) is 4.58. The molecule has 2 aromatic heterocycles. The molecule has 0 spiro atoms. The van der Waals surface area contributed by atoms with Gasteiger partial charge in [-0.25, -0.2) is 9.78 Å². The van der Waals surface area contributed by atoms with Crippen LogP contribution in [0, 0.1) is 12.8 Å². The first kappa shape index (κ1) is 22.1. The minimum Gasteiger partial charge on any atom is -0.457 e. The highest BCUT2D eigenvalue weighted by Gasteiger charge is 2.28. The Labute approximate surface area is 195 Å². The van der Waals surface area contributed by atoms with Crippen LogP contribution < -0.4 is 5.32 Å². The number of rotatable bonds is 7. The topological polar surface area (TPSA) is 135 Å². The van der Waals surface area contributed by atoms with Crippen LogP contribution in [-0.4, -0.2) is 73.3 Å². The number of esters is 1. The Balaban J connectivity index is 1.12. The fourth-order valence-electron chi connectivity index (χ4n) is 4.58. The number of benzene rings is 1. The standard InChI is InChI=1S/C23H25N7O4/c1-14-17(3-4-18-19(14)12-34-23(18)33)21(31)11-29-7-6-15(10-29)8-25-22(32)20-5-2-16(9-24-20)30-13-26-27-28-30/h2-5,9,13,15,21,31H,6-8,10-12H2,1H3,(H,25,32). The lowest BCUT2D eigenvalue weighted by Gasteiger charge is -2.22. The van der Waals surface area contributed by atoms with Crippen LogP contribution in [0.4, 0.5) is 0 Å². The molecule has 0 saturated carbocycles. The van der Waals surface area contributed by atoms with Crippen LogP contribution in [0.5, 0.6) is 0 Å². The van der Waals surface area contributed by atoms with Crippen LogP contribution in [0.1, 0.15) is 50.1 Å². The number of hydrogen-bond acceptors (Lipinski definition) is 9. The van der Waals surface area contributed by atoms with Crippen molar-refractivity contribution in [3.63, 3.8) is 0 Å². The number of aliphatic hydroxyl groups excluding tert-OH is 1. The number of carbonyl (C=O) groups excluding carboxylic acids is 2. The normalized spacial score (nSPS) is 18.5. The average molecular weight is 463 g/mol. The van der Waals surface area contributed by atoms with Crippen molar-refractivity contribution in [3.05, 3.63) is 64.7 Å². The number of nitrogens with one attached hydrogen (secondary N) is 1. The summed E-state index contributed by atoms with van der Waals surface area (Å²) in [7, 11) is 0.